The van der Waals surface area contributed by atoms with Crippen molar-refractivity contribution in [2.24, 2.45) is 11.8 Å². The lowest BCUT2D eigenvalue weighted by atomic mass is 10.4. The van der Waals surface area contributed by atoms with Gasteiger partial charge in [0.2, 0.25) is 0 Å². The molecule has 2 atom stereocenters. The van der Waals surface area contributed by atoms with Crippen LogP contribution in [0.15, 0.2) is 0 Å². The molecular weight excluding hydrogens is 98.1 g/mol. The van der Waals surface area contributed by atoms with E-state index in [1.165, 1.54) is 13.1 Å². The summed E-state index contributed by atoms with van der Waals surface area (Å²) >= 11 is 0. The minimum atomic E-state index is 0.981. The van der Waals surface area contributed by atoms with Crippen LogP contribution in [0.25, 0.3) is 0 Å². The maximum Gasteiger partial charge on any atom is 0.0154 e. The summed E-state index contributed by atoms with van der Waals surface area (Å²) in [6, 6.07) is 0.981. The minimum Gasteiger partial charge on any atom is -0.297 e. The topological polar surface area (TPSA) is 3.01 Å². The van der Waals surface area contributed by atoms with Crippen LogP contribution in [-0.4, -0.2) is 24.0 Å². The Balaban J connectivity index is 1.92. The zero-order valence-electron chi connectivity index (χ0n) is 5.59. The van der Waals surface area contributed by atoms with Crippen LogP contribution in [0.4, 0.5) is 0 Å². The molecule has 1 saturated carbocycles. The Kier molecular flexibility index (Phi) is 0.762. The van der Waals surface area contributed by atoms with E-state index >= 15 is 0 Å². The van der Waals surface area contributed by atoms with Crippen LogP contribution in [0.3, 0.4) is 0 Å². The van der Waals surface area contributed by atoms with Gasteiger partial charge in [-0.05, 0) is 11.8 Å². The fourth-order valence-corrected chi connectivity index (χ4v) is 1.66. The van der Waals surface area contributed by atoms with Gasteiger partial charge in [-0.1, -0.05) is 13.8 Å². The number of hydrogen-bond acceptors (Lipinski definition) is 1. The monoisotopic (exact) mass is 111 g/mol. The molecule has 1 heterocycles. The summed E-state index contributed by atoms with van der Waals surface area (Å²) in [6.07, 6.45) is 0. The molecule has 2 fully saturated rings. The summed E-state index contributed by atoms with van der Waals surface area (Å²) in [5.74, 6) is 2.00. The van der Waals surface area contributed by atoms with Gasteiger partial charge in [-0.25, -0.2) is 0 Å². The second kappa shape index (κ2) is 1.27. The Labute approximate surface area is 50.7 Å². The van der Waals surface area contributed by atoms with Crippen LogP contribution in [-0.2, 0) is 0 Å². The SMILES string of the molecule is CC1C(C)C1N1CC1. The third-order valence-electron chi connectivity index (χ3n) is 2.67. The first-order valence-corrected chi connectivity index (χ1v) is 3.55. The largest absolute Gasteiger partial charge is 0.297 e. The van der Waals surface area contributed by atoms with Crippen molar-refractivity contribution in [3.05, 3.63) is 0 Å². The predicted molar refractivity (Wildman–Crippen MR) is 33.7 cm³/mol. The normalized spacial score (nSPS) is 54.0. The lowest BCUT2D eigenvalue weighted by Crippen LogP contribution is -2.01. The van der Waals surface area contributed by atoms with Crippen molar-refractivity contribution in [2.75, 3.05) is 13.1 Å². The zero-order chi connectivity index (χ0) is 5.72. The lowest BCUT2D eigenvalue weighted by molar-refractivity contribution is 0.508. The van der Waals surface area contributed by atoms with Crippen molar-refractivity contribution in [1.82, 2.24) is 4.90 Å². The maximum atomic E-state index is 2.56. The van der Waals surface area contributed by atoms with E-state index in [1.54, 1.807) is 0 Å². The van der Waals surface area contributed by atoms with Crippen molar-refractivity contribution >= 4 is 0 Å². The summed E-state index contributed by atoms with van der Waals surface area (Å²) in [7, 11) is 0. The van der Waals surface area contributed by atoms with Gasteiger partial charge in [0.15, 0.2) is 0 Å². The molecule has 2 aliphatic rings. The van der Waals surface area contributed by atoms with Gasteiger partial charge in [0.1, 0.15) is 0 Å². The van der Waals surface area contributed by atoms with Gasteiger partial charge >= 0.3 is 0 Å². The van der Waals surface area contributed by atoms with E-state index in [0.29, 0.717) is 0 Å². The van der Waals surface area contributed by atoms with Gasteiger partial charge in [-0.3, -0.25) is 4.90 Å². The summed E-state index contributed by atoms with van der Waals surface area (Å²) in [5, 5.41) is 0. The molecule has 0 aromatic rings. The Bertz CT molecular complexity index is 96.2. The molecule has 0 radical (unpaired) electrons. The molecule has 1 aliphatic heterocycles. The van der Waals surface area contributed by atoms with Crippen LogP contribution >= 0.6 is 0 Å². The molecule has 46 valence electrons. The van der Waals surface area contributed by atoms with Crippen LogP contribution in [0, 0.1) is 11.8 Å². The van der Waals surface area contributed by atoms with Crippen molar-refractivity contribution in [2.45, 2.75) is 19.9 Å². The predicted octanol–water partition coefficient (Wildman–Crippen LogP) is 0.956. The first-order valence-electron chi connectivity index (χ1n) is 3.55. The highest BCUT2D eigenvalue weighted by Crippen LogP contribution is 2.44. The van der Waals surface area contributed by atoms with Crippen molar-refractivity contribution < 1.29 is 0 Å². The minimum absolute atomic E-state index is 0.981. The molecule has 0 spiro atoms. The van der Waals surface area contributed by atoms with Gasteiger partial charge in [0.25, 0.3) is 0 Å². The summed E-state index contributed by atoms with van der Waals surface area (Å²) < 4.78 is 0. The Morgan fingerprint density at radius 2 is 1.62 bits per heavy atom. The van der Waals surface area contributed by atoms with Gasteiger partial charge in [-0.2, -0.15) is 0 Å². The van der Waals surface area contributed by atoms with E-state index in [2.05, 4.69) is 18.7 Å². The van der Waals surface area contributed by atoms with E-state index in [0.717, 1.165) is 17.9 Å². The molecule has 1 heteroatoms. The van der Waals surface area contributed by atoms with E-state index in [4.69, 9.17) is 0 Å². The molecule has 1 saturated heterocycles. The third kappa shape index (κ3) is 0.510. The summed E-state index contributed by atoms with van der Waals surface area (Å²) in [6.45, 7) is 7.46. The van der Waals surface area contributed by atoms with Crippen molar-refractivity contribution in [1.29, 1.82) is 0 Å². The molecule has 2 rings (SSSR count). The number of nitrogens with zero attached hydrogens (tertiary/aromatic N) is 1. The smallest absolute Gasteiger partial charge is 0.0154 e. The van der Waals surface area contributed by atoms with E-state index < -0.39 is 0 Å². The van der Waals surface area contributed by atoms with Crippen LogP contribution in [0.2, 0.25) is 0 Å². The summed E-state index contributed by atoms with van der Waals surface area (Å²) in [5.41, 5.74) is 0. The van der Waals surface area contributed by atoms with Crippen molar-refractivity contribution in [3.63, 3.8) is 0 Å². The van der Waals surface area contributed by atoms with Crippen LogP contribution in [0.5, 0.6) is 0 Å². The number of hydrogen-bond donors (Lipinski definition) is 0. The molecule has 0 aromatic carbocycles. The molecule has 0 N–H and O–H groups in total. The standard InChI is InChI=1S/C7H13N/c1-5-6(2)7(5)8-3-4-8/h5-7H,3-4H2,1-2H3. The quantitative estimate of drug-likeness (QED) is 0.455. The van der Waals surface area contributed by atoms with E-state index in [9.17, 15) is 0 Å². The highest BCUT2D eigenvalue weighted by molar-refractivity contribution is 5.03. The average Bonchev–Trinajstić information content (AvgIpc) is 2.52. The average molecular weight is 111 g/mol. The lowest BCUT2D eigenvalue weighted by Gasteiger charge is -1.91. The fourth-order valence-electron chi connectivity index (χ4n) is 1.66. The van der Waals surface area contributed by atoms with Gasteiger partial charge in [0.05, 0.1) is 0 Å². The van der Waals surface area contributed by atoms with Crippen LogP contribution in [0.1, 0.15) is 13.8 Å². The second-order valence-corrected chi connectivity index (χ2v) is 3.24. The highest BCUT2D eigenvalue weighted by Gasteiger charge is 2.49. The van der Waals surface area contributed by atoms with Gasteiger partial charge in [0, 0.05) is 19.1 Å². The molecule has 8 heavy (non-hydrogen) atoms. The van der Waals surface area contributed by atoms with Gasteiger partial charge < -0.3 is 0 Å². The molecular formula is C7H13N. The van der Waals surface area contributed by atoms with Gasteiger partial charge in [-0.15, -0.1) is 0 Å². The summed E-state index contributed by atoms with van der Waals surface area (Å²) in [4.78, 5) is 2.56. The Morgan fingerprint density at radius 3 is 1.75 bits per heavy atom. The Morgan fingerprint density at radius 1 is 1.12 bits per heavy atom. The zero-order valence-corrected chi connectivity index (χ0v) is 5.59. The second-order valence-electron chi connectivity index (χ2n) is 3.24. The molecule has 0 aromatic heterocycles. The maximum absolute atomic E-state index is 2.56. The Hall–Kier alpha value is -0.0400. The van der Waals surface area contributed by atoms with E-state index in [-0.39, 0.29) is 0 Å². The highest BCUT2D eigenvalue weighted by atomic mass is 15.3. The molecule has 2 unspecified atom stereocenters. The third-order valence-corrected chi connectivity index (χ3v) is 2.67. The fraction of sp³-hybridized carbons (Fsp3) is 1.00. The van der Waals surface area contributed by atoms with Crippen molar-refractivity contribution in [3.8, 4) is 0 Å². The number of rotatable bonds is 1. The molecule has 1 nitrogen and oxygen atoms in total. The first kappa shape index (κ1) is 4.80. The molecule has 0 amide bonds. The van der Waals surface area contributed by atoms with Crippen LogP contribution < -0.4 is 0 Å². The van der Waals surface area contributed by atoms with E-state index in [1.807, 2.05) is 0 Å². The molecule has 1 aliphatic carbocycles. The molecule has 0 bridgehead atoms. The first-order chi connectivity index (χ1) is 3.80.